The van der Waals surface area contributed by atoms with Crippen LogP contribution in [0, 0.1) is 27.7 Å². The van der Waals surface area contributed by atoms with Gasteiger partial charge in [-0.25, -0.2) is 4.57 Å². The van der Waals surface area contributed by atoms with E-state index in [9.17, 15) is 9.59 Å². The summed E-state index contributed by atoms with van der Waals surface area (Å²) in [7, 11) is 0. The lowest BCUT2D eigenvalue weighted by molar-refractivity contribution is -0.113. The number of thioether (sulfide) groups is 1. The van der Waals surface area contributed by atoms with Crippen molar-refractivity contribution in [2.75, 3.05) is 11.1 Å². The van der Waals surface area contributed by atoms with Crippen LogP contribution >= 0.6 is 11.8 Å². The van der Waals surface area contributed by atoms with E-state index in [4.69, 9.17) is 0 Å². The van der Waals surface area contributed by atoms with Gasteiger partial charge in [0.2, 0.25) is 11.7 Å². The van der Waals surface area contributed by atoms with Gasteiger partial charge in [-0.1, -0.05) is 48.2 Å². The van der Waals surface area contributed by atoms with E-state index in [-0.39, 0.29) is 17.2 Å². The zero-order chi connectivity index (χ0) is 24.7. The van der Waals surface area contributed by atoms with Crippen molar-refractivity contribution in [1.29, 1.82) is 0 Å². The predicted molar refractivity (Wildman–Crippen MR) is 141 cm³/mol. The number of amides is 1. The molecule has 7 nitrogen and oxygen atoms in total. The molecule has 0 atom stereocenters. The van der Waals surface area contributed by atoms with Gasteiger partial charge in [-0.3, -0.25) is 14.0 Å². The lowest BCUT2D eigenvalue weighted by atomic mass is 10.1. The van der Waals surface area contributed by atoms with Crippen LogP contribution in [0.2, 0.25) is 0 Å². The Hall–Kier alpha value is -3.91. The van der Waals surface area contributed by atoms with Gasteiger partial charge in [0.25, 0.3) is 5.56 Å². The van der Waals surface area contributed by atoms with Crippen LogP contribution in [-0.2, 0) is 4.79 Å². The number of aromatic nitrogens is 4. The van der Waals surface area contributed by atoms with Crippen LogP contribution in [-0.4, -0.2) is 30.8 Å². The average Bonchev–Trinajstić information content (AvgIpc) is 3.26. The van der Waals surface area contributed by atoms with Gasteiger partial charge in [-0.2, -0.15) is 0 Å². The largest absolute Gasteiger partial charge is 0.325 e. The summed E-state index contributed by atoms with van der Waals surface area (Å²) in [6.45, 7) is 7.92. The number of nitrogens with one attached hydrogen (secondary N) is 1. The molecule has 5 rings (SSSR count). The molecule has 1 amide bonds. The molecule has 5 aromatic rings. The Labute approximate surface area is 206 Å². The molecule has 0 unspecified atom stereocenters. The van der Waals surface area contributed by atoms with E-state index in [0.29, 0.717) is 21.8 Å². The van der Waals surface area contributed by atoms with E-state index in [1.165, 1.54) is 11.8 Å². The molecular weight excluding hydrogens is 458 g/mol. The van der Waals surface area contributed by atoms with Crippen LogP contribution in [0.1, 0.15) is 22.3 Å². The molecule has 0 aliphatic carbocycles. The number of rotatable bonds is 5. The molecule has 0 saturated heterocycles. The normalized spacial score (nSPS) is 11.3. The highest BCUT2D eigenvalue weighted by Crippen LogP contribution is 2.25. The molecule has 0 saturated carbocycles. The zero-order valence-corrected chi connectivity index (χ0v) is 20.8. The minimum atomic E-state index is -0.154. The Balaban J connectivity index is 1.57. The number of carbonyl (C=O) groups excluding carboxylic acids is 1. The first kappa shape index (κ1) is 22.9. The predicted octanol–water partition coefficient (Wildman–Crippen LogP) is 5.00. The summed E-state index contributed by atoms with van der Waals surface area (Å²) >= 11 is 1.29. The van der Waals surface area contributed by atoms with E-state index >= 15 is 0 Å². The fourth-order valence-corrected chi connectivity index (χ4v) is 4.88. The minimum absolute atomic E-state index is 0.132. The number of fused-ring (bicyclic) bond motifs is 3. The monoisotopic (exact) mass is 483 g/mol. The Kier molecular flexibility index (Phi) is 5.90. The van der Waals surface area contributed by atoms with Crippen molar-refractivity contribution in [3.8, 4) is 5.69 Å². The average molecular weight is 484 g/mol. The van der Waals surface area contributed by atoms with Crippen molar-refractivity contribution in [3.63, 3.8) is 0 Å². The molecule has 35 heavy (non-hydrogen) atoms. The maximum atomic E-state index is 13.6. The molecule has 0 radical (unpaired) electrons. The van der Waals surface area contributed by atoms with Gasteiger partial charge in [0.1, 0.15) is 0 Å². The highest BCUT2D eigenvalue weighted by molar-refractivity contribution is 7.99. The summed E-state index contributed by atoms with van der Waals surface area (Å²) in [4.78, 5) is 26.3. The lowest BCUT2D eigenvalue weighted by Gasteiger charge is -2.14. The third-order valence-electron chi connectivity index (χ3n) is 6.00. The smallest absolute Gasteiger partial charge is 0.267 e. The second-order valence-corrected chi connectivity index (χ2v) is 9.66. The Morgan fingerprint density at radius 2 is 1.63 bits per heavy atom. The number of para-hydroxylation sites is 1. The third kappa shape index (κ3) is 4.21. The number of nitrogens with zero attached hydrogens (tertiary/aromatic N) is 4. The topological polar surface area (TPSA) is 81.3 Å². The van der Waals surface area contributed by atoms with Crippen molar-refractivity contribution >= 4 is 40.0 Å². The van der Waals surface area contributed by atoms with Crippen molar-refractivity contribution in [1.82, 2.24) is 19.2 Å². The number of anilines is 1. The first-order valence-corrected chi connectivity index (χ1v) is 12.3. The summed E-state index contributed by atoms with van der Waals surface area (Å²) in [5.74, 6) is 0.443. The van der Waals surface area contributed by atoms with E-state index in [1.54, 1.807) is 10.6 Å². The van der Waals surface area contributed by atoms with Crippen molar-refractivity contribution in [3.05, 3.63) is 93.3 Å². The van der Waals surface area contributed by atoms with E-state index in [2.05, 4.69) is 15.5 Å². The van der Waals surface area contributed by atoms with E-state index in [0.717, 1.165) is 33.6 Å². The first-order chi connectivity index (χ1) is 16.8. The lowest BCUT2D eigenvalue weighted by Crippen LogP contribution is -2.22. The zero-order valence-electron chi connectivity index (χ0n) is 20.0. The molecule has 3 aromatic carbocycles. The molecule has 0 aliphatic heterocycles. The fraction of sp³-hybridized carbons (Fsp3) is 0.185. The molecule has 0 bridgehead atoms. The van der Waals surface area contributed by atoms with Gasteiger partial charge in [-0.05, 0) is 74.2 Å². The number of aryl methyl sites for hydroxylation is 4. The minimum Gasteiger partial charge on any atom is -0.325 e. The molecule has 2 aromatic heterocycles. The Bertz CT molecular complexity index is 1670. The molecular formula is C27H25N5O2S. The molecule has 8 heteroatoms. The Morgan fingerprint density at radius 1 is 0.914 bits per heavy atom. The molecule has 0 spiro atoms. The fourth-order valence-electron chi connectivity index (χ4n) is 4.14. The van der Waals surface area contributed by atoms with Gasteiger partial charge in [-0.15, -0.1) is 10.2 Å². The van der Waals surface area contributed by atoms with Gasteiger partial charge < -0.3 is 5.32 Å². The molecule has 2 heterocycles. The van der Waals surface area contributed by atoms with Crippen LogP contribution in [0.4, 0.5) is 5.69 Å². The quantitative estimate of drug-likeness (QED) is 0.356. The van der Waals surface area contributed by atoms with Gasteiger partial charge in [0.15, 0.2) is 5.16 Å². The summed E-state index contributed by atoms with van der Waals surface area (Å²) in [5, 5.41) is 12.9. The third-order valence-corrected chi connectivity index (χ3v) is 6.93. The second kappa shape index (κ2) is 9.03. The van der Waals surface area contributed by atoms with Crippen LogP contribution in [0.5, 0.6) is 0 Å². The summed E-state index contributed by atoms with van der Waals surface area (Å²) in [6.07, 6.45) is 0. The summed E-state index contributed by atoms with van der Waals surface area (Å²) in [5.41, 5.74) is 6.21. The molecule has 1 N–H and O–H groups in total. The Morgan fingerprint density at radius 3 is 2.43 bits per heavy atom. The van der Waals surface area contributed by atoms with Gasteiger partial charge in [0, 0.05) is 5.69 Å². The van der Waals surface area contributed by atoms with Crippen LogP contribution in [0.15, 0.2) is 70.6 Å². The van der Waals surface area contributed by atoms with Crippen molar-refractivity contribution < 1.29 is 4.79 Å². The maximum Gasteiger partial charge on any atom is 0.267 e. The standard InChI is InChI=1S/C27H25N5O2S/c1-16-9-11-18(3)21(13-16)28-24(33)15-35-27-30-29-26-31(23-14-17(2)10-12-19(23)4)25(34)20-7-5-6-8-22(20)32(26)27/h5-14H,15H2,1-4H3,(H,28,33). The number of benzene rings is 3. The highest BCUT2D eigenvalue weighted by atomic mass is 32.2. The van der Waals surface area contributed by atoms with Crippen LogP contribution in [0.3, 0.4) is 0 Å². The van der Waals surface area contributed by atoms with E-state index in [1.807, 2.05) is 86.7 Å². The SMILES string of the molecule is Cc1ccc(C)c(NC(=O)CSc2nnc3n(-c4cc(C)ccc4C)c(=O)c4ccccc4n23)c1. The summed E-state index contributed by atoms with van der Waals surface area (Å²) in [6, 6.07) is 19.4. The number of carbonyl (C=O) groups is 1. The molecule has 0 aliphatic rings. The number of hydrogen-bond acceptors (Lipinski definition) is 5. The van der Waals surface area contributed by atoms with Gasteiger partial charge in [0.05, 0.1) is 22.3 Å². The van der Waals surface area contributed by atoms with Crippen molar-refractivity contribution in [2.45, 2.75) is 32.9 Å². The first-order valence-electron chi connectivity index (χ1n) is 11.3. The summed E-state index contributed by atoms with van der Waals surface area (Å²) < 4.78 is 3.46. The number of hydrogen-bond donors (Lipinski definition) is 1. The maximum absolute atomic E-state index is 13.6. The van der Waals surface area contributed by atoms with Gasteiger partial charge >= 0.3 is 0 Å². The van der Waals surface area contributed by atoms with Crippen LogP contribution in [0.25, 0.3) is 22.4 Å². The van der Waals surface area contributed by atoms with E-state index < -0.39 is 0 Å². The second-order valence-electron chi connectivity index (χ2n) is 8.72. The molecule has 176 valence electrons. The van der Waals surface area contributed by atoms with Crippen LogP contribution < -0.4 is 10.9 Å². The van der Waals surface area contributed by atoms with Crippen molar-refractivity contribution in [2.24, 2.45) is 0 Å². The molecule has 0 fully saturated rings. The highest BCUT2D eigenvalue weighted by Gasteiger charge is 2.19.